The highest BCUT2D eigenvalue weighted by molar-refractivity contribution is 4.70. The quantitative estimate of drug-likeness (QED) is 0.668. The van der Waals surface area contributed by atoms with Gasteiger partial charge >= 0.3 is 0 Å². The van der Waals surface area contributed by atoms with E-state index in [0.29, 0.717) is 0 Å². The monoisotopic (exact) mass is 187 g/mol. The molecule has 0 saturated carbocycles. The molecule has 1 aliphatic heterocycles. The van der Waals surface area contributed by atoms with E-state index in [-0.39, 0.29) is 12.6 Å². The van der Waals surface area contributed by atoms with E-state index in [0.717, 1.165) is 44.9 Å². The molecule has 0 unspecified atom stereocenters. The van der Waals surface area contributed by atoms with Gasteiger partial charge in [-0.05, 0) is 31.7 Å². The number of aliphatic hydroxyl groups is 1. The molecule has 1 heterocycles. The fourth-order valence-corrected chi connectivity index (χ4v) is 1.62. The van der Waals surface area contributed by atoms with Gasteiger partial charge in [-0.2, -0.15) is 0 Å². The van der Waals surface area contributed by atoms with Crippen molar-refractivity contribution in [1.82, 2.24) is 5.32 Å². The number of hydrogen-bond acceptors (Lipinski definition) is 3. The van der Waals surface area contributed by atoms with E-state index >= 15 is 0 Å². The molecule has 3 nitrogen and oxygen atoms in total. The van der Waals surface area contributed by atoms with E-state index in [4.69, 9.17) is 9.84 Å². The molecule has 13 heavy (non-hydrogen) atoms. The molecule has 0 aliphatic carbocycles. The van der Waals surface area contributed by atoms with Gasteiger partial charge in [0.1, 0.15) is 0 Å². The predicted molar refractivity (Wildman–Crippen MR) is 52.7 cm³/mol. The molecule has 0 aromatic rings. The molecule has 3 heteroatoms. The molecule has 1 aliphatic rings. The molecule has 0 spiro atoms. The Morgan fingerprint density at radius 1 is 1.46 bits per heavy atom. The maximum absolute atomic E-state index is 8.97. The number of ether oxygens (including phenoxy) is 1. The molecule has 78 valence electrons. The molecule has 0 radical (unpaired) electrons. The summed E-state index contributed by atoms with van der Waals surface area (Å²) in [5.74, 6) is 0.745. The largest absolute Gasteiger partial charge is 0.395 e. The zero-order chi connectivity index (χ0) is 9.52. The van der Waals surface area contributed by atoms with Crippen LogP contribution in [0.5, 0.6) is 0 Å². The van der Waals surface area contributed by atoms with Gasteiger partial charge in [0, 0.05) is 19.3 Å². The number of rotatable bonds is 5. The summed E-state index contributed by atoms with van der Waals surface area (Å²) >= 11 is 0. The lowest BCUT2D eigenvalue weighted by atomic mass is 10.00. The lowest BCUT2D eigenvalue weighted by Crippen LogP contribution is -2.37. The summed E-state index contributed by atoms with van der Waals surface area (Å²) in [7, 11) is 0. The Labute approximate surface area is 80.5 Å². The van der Waals surface area contributed by atoms with Gasteiger partial charge in [0.15, 0.2) is 0 Å². The summed E-state index contributed by atoms with van der Waals surface area (Å²) in [6.07, 6.45) is 3.32. The standard InChI is InChI=1S/C10H21NO2/c1-2-10(8-12)11-7-9-3-5-13-6-4-9/h9-12H,2-8H2,1H3/t10-/m1/s1. The lowest BCUT2D eigenvalue weighted by Gasteiger charge is -2.24. The van der Waals surface area contributed by atoms with Crippen LogP contribution in [0.2, 0.25) is 0 Å². The van der Waals surface area contributed by atoms with Crippen molar-refractivity contribution in [1.29, 1.82) is 0 Å². The summed E-state index contributed by atoms with van der Waals surface area (Å²) in [5, 5.41) is 12.4. The van der Waals surface area contributed by atoms with Gasteiger partial charge in [0.05, 0.1) is 6.61 Å². The zero-order valence-electron chi connectivity index (χ0n) is 8.46. The van der Waals surface area contributed by atoms with Gasteiger partial charge in [0.25, 0.3) is 0 Å². The van der Waals surface area contributed by atoms with Crippen molar-refractivity contribution in [3.8, 4) is 0 Å². The third-order valence-electron chi connectivity index (χ3n) is 2.75. The zero-order valence-corrected chi connectivity index (χ0v) is 8.46. The van der Waals surface area contributed by atoms with Crippen LogP contribution < -0.4 is 5.32 Å². The van der Waals surface area contributed by atoms with Crippen LogP contribution in [0.15, 0.2) is 0 Å². The topological polar surface area (TPSA) is 41.5 Å². The van der Waals surface area contributed by atoms with E-state index < -0.39 is 0 Å². The van der Waals surface area contributed by atoms with E-state index in [1.807, 2.05) is 0 Å². The molecule has 0 bridgehead atoms. The highest BCUT2D eigenvalue weighted by Crippen LogP contribution is 2.13. The second-order valence-electron chi connectivity index (χ2n) is 3.75. The first kappa shape index (κ1) is 11.0. The maximum Gasteiger partial charge on any atom is 0.0584 e. The third kappa shape index (κ3) is 4.07. The summed E-state index contributed by atoms with van der Waals surface area (Å²) < 4.78 is 5.28. The number of hydrogen-bond donors (Lipinski definition) is 2. The minimum Gasteiger partial charge on any atom is -0.395 e. The highest BCUT2D eigenvalue weighted by Gasteiger charge is 2.14. The lowest BCUT2D eigenvalue weighted by molar-refractivity contribution is 0.0645. The van der Waals surface area contributed by atoms with Gasteiger partial charge in [-0.3, -0.25) is 0 Å². The Kier molecular flexibility index (Phi) is 5.35. The van der Waals surface area contributed by atoms with Crippen molar-refractivity contribution in [2.24, 2.45) is 5.92 Å². The summed E-state index contributed by atoms with van der Waals surface area (Å²) in [6, 6.07) is 0.280. The van der Waals surface area contributed by atoms with Crippen molar-refractivity contribution in [2.45, 2.75) is 32.2 Å². The van der Waals surface area contributed by atoms with Crippen LogP contribution in [-0.2, 0) is 4.74 Å². The van der Waals surface area contributed by atoms with Gasteiger partial charge in [-0.1, -0.05) is 6.92 Å². The van der Waals surface area contributed by atoms with Crippen molar-refractivity contribution >= 4 is 0 Å². The van der Waals surface area contributed by atoms with Gasteiger partial charge < -0.3 is 15.2 Å². The van der Waals surface area contributed by atoms with Gasteiger partial charge in [0.2, 0.25) is 0 Å². The van der Waals surface area contributed by atoms with Gasteiger partial charge in [-0.15, -0.1) is 0 Å². The normalized spacial score (nSPS) is 21.7. The Morgan fingerprint density at radius 3 is 2.69 bits per heavy atom. The van der Waals surface area contributed by atoms with Crippen LogP contribution in [0.25, 0.3) is 0 Å². The van der Waals surface area contributed by atoms with Gasteiger partial charge in [-0.25, -0.2) is 0 Å². The third-order valence-corrected chi connectivity index (χ3v) is 2.75. The van der Waals surface area contributed by atoms with Crippen LogP contribution in [-0.4, -0.2) is 37.5 Å². The fourth-order valence-electron chi connectivity index (χ4n) is 1.62. The first-order chi connectivity index (χ1) is 6.36. The molecule has 0 amide bonds. The second kappa shape index (κ2) is 6.35. The molecule has 1 fully saturated rings. The average Bonchev–Trinajstić information content (AvgIpc) is 2.21. The Morgan fingerprint density at radius 2 is 2.15 bits per heavy atom. The molecule has 0 aromatic carbocycles. The van der Waals surface area contributed by atoms with E-state index in [1.54, 1.807) is 0 Å². The molecule has 1 rings (SSSR count). The number of aliphatic hydroxyl groups excluding tert-OH is 1. The van der Waals surface area contributed by atoms with E-state index in [9.17, 15) is 0 Å². The molecule has 2 N–H and O–H groups in total. The Hall–Kier alpha value is -0.120. The maximum atomic E-state index is 8.97. The van der Waals surface area contributed by atoms with Crippen LogP contribution in [0.1, 0.15) is 26.2 Å². The molecular formula is C10H21NO2. The van der Waals surface area contributed by atoms with Crippen molar-refractivity contribution < 1.29 is 9.84 Å². The molecule has 1 saturated heterocycles. The minimum absolute atomic E-state index is 0.250. The first-order valence-corrected chi connectivity index (χ1v) is 5.28. The van der Waals surface area contributed by atoms with Crippen LogP contribution >= 0.6 is 0 Å². The fraction of sp³-hybridized carbons (Fsp3) is 1.00. The Balaban J connectivity index is 2.09. The van der Waals surface area contributed by atoms with Crippen molar-refractivity contribution in [2.75, 3.05) is 26.4 Å². The highest BCUT2D eigenvalue weighted by atomic mass is 16.5. The van der Waals surface area contributed by atoms with Crippen LogP contribution in [0, 0.1) is 5.92 Å². The molecule has 1 atom stereocenters. The molecular weight excluding hydrogens is 166 g/mol. The van der Waals surface area contributed by atoms with Crippen molar-refractivity contribution in [3.63, 3.8) is 0 Å². The van der Waals surface area contributed by atoms with Crippen molar-refractivity contribution in [3.05, 3.63) is 0 Å². The van der Waals surface area contributed by atoms with E-state index in [1.165, 1.54) is 0 Å². The molecule has 0 aromatic heterocycles. The average molecular weight is 187 g/mol. The predicted octanol–water partition coefficient (Wildman–Crippen LogP) is 0.773. The smallest absolute Gasteiger partial charge is 0.0584 e. The summed E-state index contributed by atoms with van der Waals surface area (Å²) in [4.78, 5) is 0. The summed E-state index contributed by atoms with van der Waals surface area (Å²) in [6.45, 7) is 5.19. The SMILES string of the molecule is CC[C@H](CO)NCC1CCOCC1. The second-order valence-corrected chi connectivity index (χ2v) is 3.75. The Bertz CT molecular complexity index is 120. The minimum atomic E-state index is 0.250. The van der Waals surface area contributed by atoms with Crippen LogP contribution in [0.4, 0.5) is 0 Å². The van der Waals surface area contributed by atoms with Crippen LogP contribution in [0.3, 0.4) is 0 Å². The summed E-state index contributed by atoms with van der Waals surface area (Å²) in [5.41, 5.74) is 0. The number of nitrogens with one attached hydrogen (secondary N) is 1. The first-order valence-electron chi connectivity index (χ1n) is 5.28. The van der Waals surface area contributed by atoms with E-state index in [2.05, 4.69) is 12.2 Å².